The second-order valence-electron chi connectivity index (χ2n) is 9.34. The van der Waals surface area contributed by atoms with Gasteiger partial charge in [-0.05, 0) is 48.2 Å². The Hall–Kier alpha value is -2.27. The van der Waals surface area contributed by atoms with Gasteiger partial charge in [0.25, 0.3) is 0 Å². The maximum atomic E-state index is 12.0. The Labute approximate surface area is 341 Å². The van der Waals surface area contributed by atoms with Crippen LogP contribution in [0.1, 0.15) is 44.7 Å². The molecule has 0 saturated carbocycles. The molecule has 0 heterocycles. The molecule has 4 aromatic carbocycles. The summed E-state index contributed by atoms with van der Waals surface area (Å²) < 4.78 is 8.55. The molecule has 0 unspecified atom stereocenters. The molecule has 0 aliphatic carbocycles. The van der Waals surface area contributed by atoms with Crippen molar-refractivity contribution in [3.63, 3.8) is 0 Å². The van der Waals surface area contributed by atoms with Crippen LogP contribution in [-0.4, -0.2) is 52.4 Å². The molecule has 0 bridgehead atoms. The normalized spacial score (nSPS) is 9.90. The number of rotatable bonds is 8. The molecule has 0 aromatic heterocycles. The van der Waals surface area contributed by atoms with E-state index < -0.39 is 42.4 Å². The number of Topliss-reactive ketones (excluding diaryl/α,β-unsaturated/α-hetero) is 2. The number of aryl methyl sites for hydroxylation is 2. The standard InChI is InChI=1S/2C15H14O5.3Na.H3O4P/c2*16-10-4-1-9(2-5-10)3-6-12(18)15-13(19)7-11(17)8-14(15)20;;;;1-5(2,3)4/h2*1-2,4-5,7-8,16-17,19-20H,3,6H2;;;;(H3,1,2,3,4)/q;;3*+1;/p-3. The molecule has 0 atom stereocenters. The molecular weight excluding hydrogens is 684 g/mol. The molecule has 48 heavy (non-hydrogen) atoms. The number of hydrogen-bond acceptors (Lipinski definition) is 14. The summed E-state index contributed by atoms with van der Waals surface area (Å²) in [6, 6.07) is 16.9. The van der Waals surface area contributed by atoms with E-state index in [1.165, 1.54) is 24.3 Å². The number of aromatic hydroxyl groups is 8. The largest absolute Gasteiger partial charge is 1.00 e. The number of benzene rings is 4. The Morgan fingerprint density at radius 1 is 0.479 bits per heavy atom. The van der Waals surface area contributed by atoms with Gasteiger partial charge in [-0.15, -0.1) is 0 Å². The minimum atomic E-state index is -5.39. The summed E-state index contributed by atoms with van der Waals surface area (Å²) in [5.41, 5.74) is 1.32. The Morgan fingerprint density at radius 2 is 0.708 bits per heavy atom. The molecular formula is C30H28Na3O14P. The molecule has 4 rings (SSSR count). The SMILES string of the molecule is O=C(CCc1ccc(O)cc1)c1c(O)cc(O)cc1O.O=C(CCc1ccc(O)cc1)c1c(O)cc(O)cc1O.O=P([O-])([O-])[O-].[Na+].[Na+].[Na+]. The van der Waals surface area contributed by atoms with Crippen molar-refractivity contribution in [1.82, 2.24) is 0 Å². The molecule has 8 N–H and O–H groups in total. The zero-order valence-electron chi connectivity index (χ0n) is 26.2. The van der Waals surface area contributed by atoms with Crippen molar-refractivity contribution in [3.8, 4) is 46.0 Å². The van der Waals surface area contributed by atoms with Gasteiger partial charge in [0.1, 0.15) is 57.1 Å². The number of phosphoric acid groups is 1. The third-order valence-corrected chi connectivity index (χ3v) is 5.87. The van der Waals surface area contributed by atoms with Crippen molar-refractivity contribution in [2.45, 2.75) is 25.7 Å². The zero-order chi connectivity index (χ0) is 33.9. The molecule has 4 aromatic rings. The first-order chi connectivity index (χ1) is 20.9. The summed E-state index contributed by atoms with van der Waals surface area (Å²) in [7, 11) is -5.39. The van der Waals surface area contributed by atoms with Gasteiger partial charge in [-0.25, -0.2) is 0 Å². The number of carbonyl (C=O) groups is 2. The van der Waals surface area contributed by atoms with Crippen LogP contribution in [0.2, 0.25) is 0 Å². The maximum Gasteiger partial charge on any atom is 1.00 e. The van der Waals surface area contributed by atoms with Gasteiger partial charge in [0.2, 0.25) is 0 Å². The molecule has 0 aliphatic rings. The molecule has 0 aliphatic heterocycles. The molecule has 0 fully saturated rings. The van der Waals surface area contributed by atoms with Crippen LogP contribution in [0.4, 0.5) is 0 Å². The van der Waals surface area contributed by atoms with Gasteiger partial charge in [0.05, 0.1) is 0 Å². The van der Waals surface area contributed by atoms with Gasteiger partial charge in [0, 0.05) is 37.1 Å². The van der Waals surface area contributed by atoms with E-state index in [2.05, 4.69) is 0 Å². The van der Waals surface area contributed by atoms with Crippen LogP contribution in [-0.2, 0) is 17.4 Å². The minimum Gasteiger partial charge on any atom is -0.822 e. The van der Waals surface area contributed by atoms with E-state index in [0.717, 1.165) is 35.4 Å². The Morgan fingerprint density at radius 3 is 0.938 bits per heavy atom. The third kappa shape index (κ3) is 17.4. The Balaban J connectivity index is 0. The first kappa shape index (κ1) is 47.8. The summed E-state index contributed by atoms with van der Waals surface area (Å²) in [4.78, 5) is 49.6. The average Bonchev–Trinajstić information content (AvgIpc) is 2.91. The first-order valence-corrected chi connectivity index (χ1v) is 14.3. The monoisotopic (exact) mass is 712 g/mol. The molecule has 18 heteroatoms. The van der Waals surface area contributed by atoms with Crippen molar-refractivity contribution >= 4 is 19.4 Å². The Kier molecular flexibility index (Phi) is 22.4. The van der Waals surface area contributed by atoms with E-state index in [1.807, 2.05) is 0 Å². The summed E-state index contributed by atoms with van der Waals surface area (Å²) in [6.07, 6.45) is 1.02. The minimum absolute atomic E-state index is 0. The van der Waals surface area contributed by atoms with Crippen molar-refractivity contribution in [2.24, 2.45) is 0 Å². The van der Waals surface area contributed by atoms with Crippen LogP contribution < -0.4 is 103 Å². The molecule has 0 amide bonds. The second kappa shape index (κ2) is 22.4. The summed E-state index contributed by atoms with van der Waals surface area (Å²) >= 11 is 0. The van der Waals surface area contributed by atoms with Crippen LogP contribution in [0.25, 0.3) is 0 Å². The van der Waals surface area contributed by atoms with Crippen molar-refractivity contribution in [1.29, 1.82) is 0 Å². The summed E-state index contributed by atoms with van der Waals surface area (Å²) in [6.45, 7) is 0. The van der Waals surface area contributed by atoms with Crippen LogP contribution in [0, 0.1) is 0 Å². The second-order valence-corrected chi connectivity index (χ2v) is 10.2. The topological polar surface area (TPSA) is 282 Å². The molecule has 0 spiro atoms. The fraction of sp³-hybridized carbons (Fsp3) is 0.133. The molecule has 0 radical (unpaired) electrons. The van der Waals surface area contributed by atoms with Crippen LogP contribution in [0.3, 0.4) is 0 Å². The van der Waals surface area contributed by atoms with E-state index in [9.17, 15) is 40.2 Å². The van der Waals surface area contributed by atoms with E-state index in [-0.39, 0.29) is 136 Å². The first-order valence-electron chi connectivity index (χ1n) is 12.8. The fourth-order valence-electron chi connectivity index (χ4n) is 3.86. The zero-order valence-corrected chi connectivity index (χ0v) is 33.1. The van der Waals surface area contributed by atoms with Gasteiger partial charge in [-0.1, -0.05) is 24.3 Å². The van der Waals surface area contributed by atoms with Gasteiger partial charge >= 0.3 is 88.7 Å². The fourth-order valence-corrected chi connectivity index (χ4v) is 3.86. The smallest absolute Gasteiger partial charge is 0.822 e. The number of phenols is 8. The summed E-state index contributed by atoms with van der Waals surface area (Å²) in [5.74, 6) is -2.96. The van der Waals surface area contributed by atoms with Crippen LogP contribution in [0.15, 0.2) is 72.8 Å². The maximum absolute atomic E-state index is 12.0. The molecule has 14 nitrogen and oxygen atoms in total. The summed E-state index contributed by atoms with van der Waals surface area (Å²) in [5, 5.41) is 75.1. The van der Waals surface area contributed by atoms with Crippen molar-refractivity contribution < 1.29 is 158 Å². The van der Waals surface area contributed by atoms with Gasteiger partial charge < -0.3 is 60.1 Å². The van der Waals surface area contributed by atoms with E-state index in [4.69, 9.17) is 29.5 Å². The van der Waals surface area contributed by atoms with Gasteiger partial charge in [0.15, 0.2) is 11.6 Å². The predicted molar refractivity (Wildman–Crippen MR) is 152 cm³/mol. The van der Waals surface area contributed by atoms with Gasteiger partial charge in [-0.2, -0.15) is 7.82 Å². The number of hydrogen-bond donors (Lipinski definition) is 8. The van der Waals surface area contributed by atoms with E-state index in [0.29, 0.717) is 12.8 Å². The van der Waals surface area contributed by atoms with E-state index >= 15 is 0 Å². The van der Waals surface area contributed by atoms with E-state index in [1.54, 1.807) is 24.3 Å². The Bertz CT molecular complexity index is 1510. The van der Waals surface area contributed by atoms with Crippen LogP contribution in [0.5, 0.6) is 46.0 Å². The number of carbonyl (C=O) groups excluding carboxylic acids is 2. The number of phenolic OH excluding ortho intramolecular Hbond substituents is 8. The van der Waals surface area contributed by atoms with Crippen molar-refractivity contribution in [2.75, 3.05) is 0 Å². The van der Waals surface area contributed by atoms with Crippen LogP contribution >= 0.6 is 7.82 Å². The predicted octanol–water partition coefficient (Wildman–Crippen LogP) is -7.16. The average molecular weight is 712 g/mol. The van der Waals surface area contributed by atoms with Gasteiger partial charge in [-0.3, -0.25) is 9.59 Å². The molecule has 240 valence electrons. The van der Waals surface area contributed by atoms with Crippen molar-refractivity contribution in [3.05, 3.63) is 95.1 Å². The quantitative estimate of drug-likeness (QED) is 0.0479. The number of ketones is 2. The third-order valence-electron chi connectivity index (χ3n) is 5.87. The molecule has 0 saturated heterocycles.